The van der Waals surface area contributed by atoms with Crippen molar-refractivity contribution in [2.75, 3.05) is 18.4 Å². The summed E-state index contributed by atoms with van der Waals surface area (Å²) in [5.41, 5.74) is 2.10. The Morgan fingerprint density at radius 3 is 2.50 bits per heavy atom. The smallest absolute Gasteiger partial charge is 0.224 e. The molecule has 2 aromatic rings. The number of aliphatic hydroxyl groups excluding tert-OH is 1. The zero-order valence-corrected chi connectivity index (χ0v) is 18.2. The lowest BCUT2D eigenvalue weighted by Gasteiger charge is -2.27. The van der Waals surface area contributed by atoms with E-state index in [4.69, 9.17) is 14.7 Å². The largest absolute Gasteiger partial charge is 0.474 e. The molecule has 3 heterocycles. The molecule has 0 spiro atoms. The maximum atomic E-state index is 9.93. The molecule has 0 amide bonds. The van der Waals surface area contributed by atoms with E-state index in [1.165, 1.54) is 0 Å². The van der Waals surface area contributed by atoms with E-state index in [0.717, 1.165) is 80.9 Å². The number of aliphatic hydroxyl groups is 1. The number of nitrogens with zero attached hydrogens (tertiary/aromatic N) is 3. The molecule has 2 aliphatic rings. The molecule has 1 aliphatic carbocycles. The number of hydrogen-bond donors (Lipinski definition) is 3. The summed E-state index contributed by atoms with van der Waals surface area (Å²) in [6.07, 6.45) is 11.5. The van der Waals surface area contributed by atoms with E-state index in [2.05, 4.69) is 29.5 Å². The van der Waals surface area contributed by atoms with Gasteiger partial charge in [0.05, 0.1) is 17.0 Å². The van der Waals surface area contributed by atoms with Gasteiger partial charge in [-0.1, -0.05) is 13.8 Å². The van der Waals surface area contributed by atoms with Gasteiger partial charge in [0.1, 0.15) is 6.10 Å². The second kappa shape index (κ2) is 9.88. The van der Waals surface area contributed by atoms with Crippen molar-refractivity contribution in [1.82, 2.24) is 20.3 Å². The predicted molar refractivity (Wildman–Crippen MR) is 119 cm³/mol. The fourth-order valence-electron chi connectivity index (χ4n) is 4.61. The Morgan fingerprint density at radius 1 is 1.07 bits per heavy atom. The zero-order chi connectivity index (χ0) is 20.9. The van der Waals surface area contributed by atoms with Crippen LogP contribution in [0, 0.1) is 0 Å². The number of nitrogens with one attached hydrogen (secondary N) is 2. The van der Waals surface area contributed by atoms with Gasteiger partial charge in [0, 0.05) is 24.0 Å². The molecule has 7 nitrogen and oxygen atoms in total. The Hall–Kier alpha value is -1.99. The average Bonchev–Trinajstić information content (AvgIpc) is 2.79. The molecule has 0 bridgehead atoms. The van der Waals surface area contributed by atoms with E-state index in [9.17, 15) is 5.11 Å². The fraction of sp³-hybridized carbons (Fsp3) is 0.696. The van der Waals surface area contributed by atoms with Crippen molar-refractivity contribution in [3.8, 4) is 5.88 Å². The van der Waals surface area contributed by atoms with Crippen molar-refractivity contribution in [3.05, 3.63) is 18.0 Å². The van der Waals surface area contributed by atoms with Crippen LogP contribution in [-0.4, -0.2) is 51.4 Å². The molecule has 30 heavy (non-hydrogen) atoms. The molecule has 1 aliphatic heterocycles. The quantitative estimate of drug-likeness (QED) is 0.636. The van der Waals surface area contributed by atoms with Crippen molar-refractivity contribution in [3.63, 3.8) is 0 Å². The third-order valence-corrected chi connectivity index (χ3v) is 6.63. The molecule has 2 fully saturated rings. The van der Waals surface area contributed by atoms with Gasteiger partial charge in [-0.05, 0) is 70.4 Å². The standard InChI is InChI=1S/C23H35N5O2/c1-3-16(4-2)27-23-26-14-20-21(28-23)19(15-5-7-17(29)8-6-15)13-25-22(20)30-18-9-11-24-12-10-18/h13-18,24,29H,3-12H2,1-2H3,(H,26,27,28)/t15-,17-. The van der Waals surface area contributed by atoms with E-state index in [1.807, 2.05) is 12.4 Å². The summed E-state index contributed by atoms with van der Waals surface area (Å²) in [6.45, 7) is 6.31. The van der Waals surface area contributed by atoms with Crippen LogP contribution >= 0.6 is 0 Å². The minimum atomic E-state index is -0.176. The van der Waals surface area contributed by atoms with Crippen LogP contribution in [0.25, 0.3) is 10.9 Å². The molecule has 0 atom stereocenters. The predicted octanol–water partition coefficient (Wildman–Crippen LogP) is 3.77. The number of piperidine rings is 1. The molecule has 2 aromatic heterocycles. The SMILES string of the molecule is CCC(CC)Nc1ncc2c(OC3CCNCC3)ncc([C@H]3CC[C@H](O)CC3)c2n1. The topological polar surface area (TPSA) is 92.2 Å². The molecular weight excluding hydrogens is 378 g/mol. The lowest BCUT2D eigenvalue weighted by Crippen LogP contribution is -2.34. The number of anilines is 1. The van der Waals surface area contributed by atoms with Gasteiger partial charge in [-0.2, -0.15) is 0 Å². The Balaban J connectivity index is 1.68. The van der Waals surface area contributed by atoms with Crippen molar-refractivity contribution in [2.45, 2.75) is 89.4 Å². The van der Waals surface area contributed by atoms with Gasteiger partial charge in [-0.3, -0.25) is 0 Å². The van der Waals surface area contributed by atoms with Crippen LogP contribution in [0.3, 0.4) is 0 Å². The van der Waals surface area contributed by atoms with Gasteiger partial charge in [0.15, 0.2) is 0 Å². The molecule has 1 saturated heterocycles. The van der Waals surface area contributed by atoms with Crippen LogP contribution < -0.4 is 15.4 Å². The number of fused-ring (bicyclic) bond motifs is 1. The first-order valence-electron chi connectivity index (χ1n) is 11.7. The highest BCUT2D eigenvalue weighted by atomic mass is 16.5. The first-order chi connectivity index (χ1) is 14.7. The summed E-state index contributed by atoms with van der Waals surface area (Å²) >= 11 is 0. The van der Waals surface area contributed by atoms with Crippen LogP contribution in [0.15, 0.2) is 12.4 Å². The highest BCUT2D eigenvalue weighted by molar-refractivity contribution is 5.86. The third kappa shape index (κ3) is 4.83. The van der Waals surface area contributed by atoms with Crippen LogP contribution in [0.5, 0.6) is 5.88 Å². The number of hydrogen-bond acceptors (Lipinski definition) is 7. The summed E-state index contributed by atoms with van der Waals surface area (Å²) in [7, 11) is 0. The highest BCUT2D eigenvalue weighted by Gasteiger charge is 2.25. The molecule has 7 heteroatoms. The second-order valence-electron chi connectivity index (χ2n) is 8.70. The second-order valence-corrected chi connectivity index (χ2v) is 8.70. The monoisotopic (exact) mass is 413 g/mol. The van der Waals surface area contributed by atoms with E-state index in [1.54, 1.807) is 0 Å². The lowest BCUT2D eigenvalue weighted by molar-refractivity contribution is 0.122. The number of ether oxygens (including phenoxy) is 1. The lowest BCUT2D eigenvalue weighted by atomic mass is 9.83. The Labute approximate surface area is 179 Å². The van der Waals surface area contributed by atoms with Gasteiger partial charge in [0.2, 0.25) is 11.8 Å². The minimum Gasteiger partial charge on any atom is -0.474 e. The molecule has 4 rings (SSSR count). The summed E-state index contributed by atoms with van der Waals surface area (Å²) in [6, 6.07) is 0.364. The maximum Gasteiger partial charge on any atom is 0.224 e. The van der Waals surface area contributed by atoms with Crippen molar-refractivity contribution in [2.24, 2.45) is 0 Å². The fourth-order valence-corrected chi connectivity index (χ4v) is 4.61. The van der Waals surface area contributed by atoms with E-state index in [0.29, 0.717) is 23.8 Å². The van der Waals surface area contributed by atoms with Crippen molar-refractivity contribution < 1.29 is 9.84 Å². The van der Waals surface area contributed by atoms with Gasteiger partial charge in [0.25, 0.3) is 0 Å². The van der Waals surface area contributed by atoms with Gasteiger partial charge >= 0.3 is 0 Å². The number of rotatable bonds is 7. The minimum absolute atomic E-state index is 0.176. The summed E-state index contributed by atoms with van der Waals surface area (Å²) < 4.78 is 6.30. The molecular formula is C23H35N5O2. The Kier molecular flexibility index (Phi) is 7.00. The first-order valence-corrected chi connectivity index (χ1v) is 11.7. The average molecular weight is 414 g/mol. The number of pyridine rings is 1. The van der Waals surface area contributed by atoms with E-state index in [-0.39, 0.29) is 12.2 Å². The van der Waals surface area contributed by atoms with Crippen LogP contribution in [0.4, 0.5) is 5.95 Å². The van der Waals surface area contributed by atoms with Crippen LogP contribution in [0.1, 0.15) is 76.7 Å². The maximum absolute atomic E-state index is 9.93. The highest BCUT2D eigenvalue weighted by Crippen LogP contribution is 2.38. The van der Waals surface area contributed by atoms with Crippen molar-refractivity contribution >= 4 is 16.9 Å². The summed E-state index contributed by atoms with van der Waals surface area (Å²) in [4.78, 5) is 14.3. The van der Waals surface area contributed by atoms with Gasteiger partial charge in [-0.15, -0.1) is 0 Å². The molecule has 0 radical (unpaired) electrons. The molecule has 3 N–H and O–H groups in total. The summed E-state index contributed by atoms with van der Waals surface area (Å²) in [5, 5.41) is 17.7. The molecule has 164 valence electrons. The van der Waals surface area contributed by atoms with Gasteiger partial charge in [-0.25, -0.2) is 15.0 Å². The van der Waals surface area contributed by atoms with Gasteiger partial charge < -0.3 is 20.5 Å². The normalized spacial score (nSPS) is 23.1. The Morgan fingerprint density at radius 2 is 1.80 bits per heavy atom. The van der Waals surface area contributed by atoms with E-state index >= 15 is 0 Å². The molecule has 0 aromatic carbocycles. The first kappa shape index (κ1) is 21.2. The van der Waals surface area contributed by atoms with Crippen LogP contribution in [-0.2, 0) is 0 Å². The molecule has 1 saturated carbocycles. The number of aromatic nitrogens is 3. The van der Waals surface area contributed by atoms with Crippen LogP contribution in [0.2, 0.25) is 0 Å². The molecule has 0 unspecified atom stereocenters. The van der Waals surface area contributed by atoms with Crippen molar-refractivity contribution in [1.29, 1.82) is 0 Å². The third-order valence-electron chi connectivity index (χ3n) is 6.63. The zero-order valence-electron chi connectivity index (χ0n) is 18.2. The Bertz CT molecular complexity index is 828. The summed E-state index contributed by atoms with van der Waals surface area (Å²) in [5.74, 6) is 1.69. The van der Waals surface area contributed by atoms with E-state index < -0.39 is 0 Å².